The quantitative estimate of drug-likeness (QED) is 0.680. The van der Waals surface area contributed by atoms with Crippen LogP contribution in [0.5, 0.6) is 0 Å². The zero-order valence-corrected chi connectivity index (χ0v) is 14.1. The first-order chi connectivity index (χ1) is 9.18. The fourth-order valence-electron chi connectivity index (χ4n) is 1.25. The summed E-state index contributed by atoms with van der Waals surface area (Å²) in [6, 6.07) is 0. The number of aliphatic hydroxyl groups is 2. The van der Waals surface area contributed by atoms with Crippen molar-refractivity contribution >= 4 is 0 Å². The average Bonchev–Trinajstić information content (AvgIpc) is 2.32. The average molecular weight is 294 g/mol. The Morgan fingerprint density at radius 3 is 1.50 bits per heavy atom. The summed E-state index contributed by atoms with van der Waals surface area (Å²) in [4.78, 5) is 0. The van der Waals surface area contributed by atoms with Crippen LogP contribution in [0, 0.1) is 0 Å². The molecule has 0 fully saturated rings. The van der Waals surface area contributed by atoms with Gasteiger partial charge >= 0.3 is 0 Å². The third-order valence-corrected chi connectivity index (χ3v) is 2.04. The summed E-state index contributed by atoms with van der Waals surface area (Å²) in [5.41, 5.74) is 0. The SMILES string of the molecule is CC(C)OC(C)C.CC(O)COC(C)COC(C)CO. The van der Waals surface area contributed by atoms with Crippen molar-refractivity contribution in [3.63, 3.8) is 0 Å². The molecule has 0 heterocycles. The molecule has 0 saturated heterocycles. The van der Waals surface area contributed by atoms with Crippen LogP contribution in [-0.4, -0.2) is 60.6 Å². The smallest absolute Gasteiger partial charge is 0.0781 e. The van der Waals surface area contributed by atoms with Gasteiger partial charge in [-0.25, -0.2) is 0 Å². The molecule has 0 amide bonds. The van der Waals surface area contributed by atoms with Gasteiger partial charge in [-0.2, -0.15) is 0 Å². The Labute approximate surface area is 124 Å². The standard InChI is InChI=1S/C9H20O4.C6H14O/c1-7(11)5-12-9(3)6-13-8(2)4-10;1-5(2)7-6(3)4/h7-11H,4-6H2,1-3H3;5-6H,1-4H3. The van der Waals surface area contributed by atoms with Gasteiger partial charge in [0.2, 0.25) is 0 Å². The summed E-state index contributed by atoms with van der Waals surface area (Å²) < 4.78 is 15.7. The molecule has 3 atom stereocenters. The molecule has 5 heteroatoms. The Morgan fingerprint density at radius 2 is 1.20 bits per heavy atom. The Morgan fingerprint density at radius 1 is 0.750 bits per heavy atom. The number of hydrogen-bond acceptors (Lipinski definition) is 5. The molecule has 3 unspecified atom stereocenters. The molecule has 0 rings (SSSR count). The normalized spacial score (nSPS) is 15.8. The van der Waals surface area contributed by atoms with Gasteiger partial charge in [0.1, 0.15) is 0 Å². The van der Waals surface area contributed by atoms with Crippen molar-refractivity contribution in [3.8, 4) is 0 Å². The Bertz CT molecular complexity index is 189. The molecule has 20 heavy (non-hydrogen) atoms. The van der Waals surface area contributed by atoms with E-state index in [0.717, 1.165) is 0 Å². The largest absolute Gasteiger partial charge is 0.394 e. The van der Waals surface area contributed by atoms with Gasteiger partial charge in [0.25, 0.3) is 0 Å². The van der Waals surface area contributed by atoms with E-state index in [9.17, 15) is 0 Å². The Hall–Kier alpha value is -0.200. The molecule has 0 aromatic rings. The first-order valence-electron chi connectivity index (χ1n) is 7.36. The minimum Gasteiger partial charge on any atom is -0.394 e. The van der Waals surface area contributed by atoms with E-state index in [1.807, 2.05) is 34.6 Å². The van der Waals surface area contributed by atoms with Gasteiger partial charge in [0.15, 0.2) is 0 Å². The molecule has 2 N–H and O–H groups in total. The molecule has 0 aliphatic carbocycles. The topological polar surface area (TPSA) is 68.2 Å². The minimum atomic E-state index is -0.447. The molecule has 0 bridgehead atoms. The summed E-state index contributed by atoms with van der Waals surface area (Å²) in [6.45, 7) is 14.3. The van der Waals surface area contributed by atoms with Crippen molar-refractivity contribution in [3.05, 3.63) is 0 Å². The predicted molar refractivity (Wildman–Crippen MR) is 81.0 cm³/mol. The van der Waals surface area contributed by atoms with Crippen molar-refractivity contribution in [1.82, 2.24) is 0 Å². The van der Waals surface area contributed by atoms with Crippen LogP contribution in [0.3, 0.4) is 0 Å². The zero-order chi connectivity index (χ0) is 16.1. The third-order valence-electron chi connectivity index (χ3n) is 2.04. The molecular formula is C15H34O5. The second kappa shape index (κ2) is 13.8. The van der Waals surface area contributed by atoms with Gasteiger partial charge in [0.05, 0.1) is 50.3 Å². The minimum absolute atomic E-state index is 0.0170. The van der Waals surface area contributed by atoms with Crippen molar-refractivity contribution in [2.45, 2.75) is 79.0 Å². The van der Waals surface area contributed by atoms with Crippen LogP contribution in [0.1, 0.15) is 48.5 Å². The summed E-state index contributed by atoms with van der Waals surface area (Å²) >= 11 is 0. The van der Waals surface area contributed by atoms with Crippen molar-refractivity contribution in [2.75, 3.05) is 19.8 Å². The molecule has 0 aliphatic heterocycles. The van der Waals surface area contributed by atoms with E-state index in [2.05, 4.69) is 0 Å². The van der Waals surface area contributed by atoms with Crippen molar-refractivity contribution < 1.29 is 24.4 Å². The van der Waals surface area contributed by atoms with Crippen molar-refractivity contribution in [2.24, 2.45) is 0 Å². The molecule has 124 valence electrons. The lowest BCUT2D eigenvalue weighted by atomic mass is 10.4. The lowest BCUT2D eigenvalue weighted by Gasteiger charge is -2.16. The molecule has 0 radical (unpaired) electrons. The van der Waals surface area contributed by atoms with E-state index in [1.165, 1.54) is 0 Å². The van der Waals surface area contributed by atoms with Gasteiger partial charge in [-0.05, 0) is 48.5 Å². The summed E-state index contributed by atoms with van der Waals surface area (Å²) in [6.07, 6.45) is 0.0962. The highest BCUT2D eigenvalue weighted by Gasteiger charge is 2.07. The van der Waals surface area contributed by atoms with Gasteiger partial charge in [-0.15, -0.1) is 0 Å². The lowest BCUT2D eigenvalue weighted by molar-refractivity contribution is -0.0620. The van der Waals surface area contributed by atoms with Crippen LogP contribution in [0.2, 0.25) is 0 Å². The number of hydrogen-bond donors (Lipinski definition) is 2. The molecule has 5 nitrogen and oxygen atoms in total. The molecular weight excluding hydrogens is 260 g/mol. The Kier molecular flexibility index (Phi) is 15.2. The van der Waals surface area contributed by atoms with Gasteiger partial charge in [-0.1, -0.05) is 0 Å². The fourth-order valence-corrected chi connectivity index (χ4v) is 1.25. The van der Waals surface area contributed by atoms with Crippen LogP contribution in [-0.2, 0) is 14.2 Å². The van der Waals surface area contributed by atoms with Gasteiger partial charge < -0.3 is 24.4 Å². The maximum atomic E-state index is 8.92. The van der Waals surface area contributed by atoms with Crippen LogP contribution in [0.4, 0.5) is 0 Å². The third kappa shape index (κ3) is 20.1. The van der Waals surface area contributed by atoms with E-state index in [0.29, 0.717) is 25.4 Å². The first-order valence-corrected chi connectivity index (χ1v) is 7.36. The fraction of sp³-hybridized carbons (Fsp3) is 1.00. The highest BCUT2D eigenvalue weighted by Crippen LogP contribution is 1.97. The second-order valence-corrected chi connectivity index (χ2v) is 5.55. The monoisotopic (exact) mass is 294 g/mol. The molecule has 0 saturated carbocycles. The molecule has 0 aromatic carbocycles. The van der Waals surface area contributed by atoms with Crippen LogP contribution in [0.15, 0.2) is 0 Å². The summed E-state index contributed by atoms with van der Waals surface area (Å²) in [5, 5.41) is 17.6. The van der Waals surface area contributed by atoms with E-state index < -0.39 is 6.10 Å². The van der Waals surface area contributed by atoms with Gasteiger partial charge in [-0.3, -0.25) is 0 Å². The second-order valence-electron chi connectivity index (χ2n) is 5.55. The molecule has 0 aliphatic rings. The Balaban J connectivity index is 0. The molecule has 0 aromatic heterocycles. The maximum absolute atomic E-state index is 8.92. The van der Waals surface area contributed by atoms with Crippen LogP contribution >= 0.6 is 0 Å². The van der Waals surface area contributed by atoms with Crippen LogP contribution in [0.25, 0.3) is 0 Å². The molecule has 0 spiro atoms. The lowest BCUT2D eigenvalue weighted by Crippen LogP contribution is -2.24. The zero-order valence-electron chi connectivity index (χ0n) is 14.1. The predicted octanol–water partition coefficient (Wildman–Crippen LogP) is 1.99. The van der Waals surface area contributed by atoms with E-state index >= 15 is 0 Å². The highest BCUT2D eigenvalue weighted by molar-refractivity contribution is 4.52. The number of ether oxygens (including phenoxy) is 3. The van der Waals surface area contributed by atoms with E-state index in [-0.39, 0.29) is 18.8 Å². The number of rotatable bonds is 9. The summed E-state index contributed by atoms with van der Waals surface area (Å²) in [7, 11) is 0. The highest BCUT2D eigenvalue weighted by atomic mass is 16.5. The van der Waals surface area contributed by atoms with Crippen LogP contribution < -0.4 is 0 Å². The number of aliphatic hydroxyl groups excluding tert-OH is 2. The van der Waals surface area contributed by atoms with Gasteiger partial charge in [0, 0.05) is 0 Å². The van der Waals surface area contributed by atoms with E-state index in [1.54, 1.807) is 13.8 Å². The summed E-state index contributed by atoms with van der Waals surface area (Å²) in [5.74, 6) is 0. The first kappa shape index (κ1) is 22.1. The van der Waals surface area contributed by atoms with Crippen molar-refractivity contribution in [1.29, 1.82) is 0 Å². The maximum Gasteiger partial charge on any atom is 0.0781 e. The van der Waals surface area contributed by atoms with E-state index in [4.69, 9.17) is 24.4 Å².